The van der Waals surface area contributed by atoms with Crippen molar-refractivity contribution < 1.29 is 4.79 Å². The van der Waals surface area contributed by atoms with Gasteiger partial charge in [-0.1, -0.05) is 30.3 Å². The molecule has 3 heterocycles. The van der Waals surface area contributed by atoms with Crippen LogP contribution in [0.4, 0.5) is 0 Å². The van der Waals surface area contributed by atoms with E-state index >= 15 is 0 Å². The van der Waals surface area contributed by atoms with Gasteiger partial charge in [0.1, 0.15) is 5.82 Å². The van der Waals surface area contributed by atoms with Crippen LogP contribution in [0.3, 0.4) is 0 Å². The number of carbonyl (C=O) groups excluding carboxylic acids is 1. The van der Waals surface area contributed by atoms with E-state index in [-0.39, 0.29) is 0 Å². The van der Waals surface area contributed by atoms with Gasteiger partial charge in [0.2, 0.25) is 5.91 Å². The molecule has 162 valence electrons. The maximum atomic E-state index is 12.5. The predicted molar refractivity (Wildman–Crippen MR) is 120 cm³/mol. The molecule has 0 aliphatic carbocycles. The van der Waals surface area contributed by atoms with Crippen molar-refractivity contribution in [3.8, 4) is 0 Å². The third-order valence-electron chi connectivity index (χ3n) is 6.16. The van der Waals surface area contributed by atoms with Crippen LogP contribution in [0.1, 0.15) is 30.7 Å². The molecule has 7 nitrogen and oxygen atoms in total. The van der Waals surface area contributed by atoms with Crippen LogP contribution in [-0.4, -0.2) is 80.8 Å². The number of piperidine rings is 1. The van der Waals surface area contributed by atoms with E-state index in [1.165, 1.54) is 12.0 Å². The fourth-order valence-electron chi connectivity index (χ4n) is 4.30. The Balaban J connectivity index is 1.29. The number of amides is 1. The lowest BCUT2D eigenvalue weighted by atomic mass is 10.1. The molecule has 0 saturated carbocycles. The van der Waals surface area contributed by atoms with Crippen LogP contribution in [0.2, 0.25) is 0 Å². The largest absolute Gasteiger partial charge is 0.342 e. The maximum absolute atomic E-state index is 12.5. The minimum atomic E-state index is 0.292. The molecule has 1 amide bonds. The van der Waals surface area contributed by atoms with E-state index in [9.17, 15) is 4.79 Å². The van der Waals surface area contributed by atoms with Crippen molar-refractivity contribution in [2.24, 2.45) is 0 Å². The molecule has 2 aliphatic heterocycles. The number of aryl methyl sites for hydroxylation is 1. The molecule has 8 heteroatoms. The van der Waals surface area contributed by atoms with Gasteiger partial charge >= 0.3 is 0 Å². The summed E-state index contributed by atoms with van der Waals surface area (Å²) in [5, 5.41) is 4.69. The van der Waals surface area contributed by atoms with Crippen LogP contribution in [-0.2, 0) is 18.0 Å². The molecule has 2 saturated heterocycles. The van der Waals surface area contributed by atoms with Crippen LogP contribution in [0.15, 0.2) is 30.3 Å². The smallest absolute Gasteiger partial charge is 0.236 e. The van der Waals surface area contributed by atoms with Crippen molar-refractivity contribution in [1.29, 1.82) is 0 Å². The lowest BCUT2D eigenvalue weighted by molar-refractivity contribution is -0.133. The molecule has 30 heavy (non-hydrogen) atoms. The lowest BCUT2D eigenvalue weighted by Crippen LogP contribution is -2.50. The molecule has 0 bridgehead atoms. The van der Waals surface area contributed by atoms with Crippen molar-refractivity contribution in [3.63, 3.8) is 0 Å². The highest BCUT2D eigenvalue weighted by Crippen LogP contribution is 2.12. The van der Waals surface area contributed by atoms with Crippen LogP contribution < -0.4 is 0 Å². The highest BCUT2D eigenvalue weighted by Gasteiger charge is 2.23. The molecule has 0 unspecified atom stereocenters. The third-order valence-corrected chi connectivity index (χ3v) is 6.59. The summed E-state index contributed by atoms with van der Waals surface area (Å²) in [5.41, 5.74) is 1.23. The number of aromatic nitrogens is 3. The van der Waals surface area contributed by atoms with Gasteiger partial charge in [0.25, 0.3) is 0 Å². The topological polar surface area (TPSA) is 49.5 Å². The van der Waals surface area contributed by atoms with Gasteiger partial charge in [-0.2, -0.15) is 5.10 Å². The Bertz CT molecular complexity index is 894. The summed E-state index contributed by atoms with van der Waals surface area (Å²) in [4.78, 5) is 19.2. The monoisotopic (exact) mass is 428 g/mol. The molecule has 0 atom stereocenters. The first-order chi connectivity index (χ1) is 14.6. The van der Waals surface area contributed by atoms with Crippen molar-refractivity contribution in [2.45, 2.75) is 39.4 Å². The van der Waals surface area contributed by atoms with E-state index in [0.717, 1.165) is 69.3 Å². The number of hydrogen-bond donors (Lipinski definition) is 0. The first-order valence-corrected chi connectivity index (χ1v) is 11.4. The van der Waals surface area contributed by atoms with E-state index in [1.54, 1.807) is 0 Å². The number of carbonyl (C=O) groups is 1. The highest BCUT2D eigenvalue weighted by atomic mass is 32.1. The SMILES string of the molecule is Cc1nn(CN2CCN(CC(=O)N3CCCCC3)CC2)c(=S)n1Cc1ccccc1. The van der Waals surface area contributed by atoms with Crippen LogP contribution in [0.5, 0.6) is 0 Å². The molecule has 1 aromatic carbocycles. The van der Waals surface area contributed by atoms with Gasteiger partial charge in [0.05, 0.1) is 19.8 Å². The minimum Gasteiger partial charge on any atom is -0.342 e. The first kappa shape index (κ1) is 21.2. The lowest BCUT2D eigenvalue weighted by Gasteiger charge is -2.35. The summed E-state index contributed by atoms with van der Waals surface area (Å²) in [6.45, 7) is 9.57. The van der Waals surface area contributed by atoms with Crippen LogP contribution in [0.25, 0.3) is 0 Å². The zero-order valence-electron chi connectivity index (χ0n) is 17.9. The Hall–Kier alpha value is -2.03. The molecule has 2 aromatic rings. The molecular formula is C22H32N6OS. The number of nitrogens with zero attached hydrogens (tertiary/aromatic N) is 6. The van der Waals surface area contributed by atoms with Gasteiger partial charge in [-0.25, -0.2) is 4.68 Å². The second-order valence-electron chi connectivity index (χ2n) is 8.38. The average Bonchev–Trinajstić information content (AvgIpc) is 3.04. The molecule has 4 rings (SSSR count). The Morgan fingerprint density at radius 1 is 0.967 bits per heavy atom. The Morgan fingerprint density at radius 3 is 2.33 bits per heavy atom. The van der Waals surface area contributed by atoms with Crippen molar-refractivity contribution >= 4 is 18.1 Å². The molecule has 2 fully saturated rings. The Kier molecular flexibility index (Phi) is 6.97. The summed E-state index contributed by atoms with van der Waals surface area (Å²) in [6.07, 6.45) is 3.55. The molecule has 0 N–H and O–H groups in total. The van der Waals surface area contributed by atoms with E-state index < -0.39 is 0 Å². The number of likely N-dealkylation sites (tertiary alicyclic amines) is 1. The summed E-state index contributed by atoms with van der Waals surface area (Å²) in [6, 6.07) is 10.4. The second-order valence-corrected chi connectivity index (χ2v) is 8.74. The first-order valence-electron chi connectivity index (χ1n) is 11.0. The van der Waals surface area contributed by atoms with E-state index in [4.69, 9.17) is 12.2 Å². The number of piperazine rings is 1. The average molecular weight is 429 g/mol. The van der Waals surface area contributed by atoms with Gasteiger partial charge in [-0.3, -0.25) is 19.2 Å². The van der Waals surface area contributed by atoms with E-state index in [0.29, 0.717) is 19.1 Å². The summed E-state index contributed by atoms with van der Waals surface area (Å²) in [5.74, 6) is 1.23. The van der Waals surface area contributed by atoms with Crippen LogP contribution >= 0.6 is 12.2 Å². The second kappa shape index (κ2) is 9.85. The molecule has 2 aliphatic rings. The highest BCUT2D eigenvalue weighted by molar-refractivity contribution is 7.71. The number of rotatable bonds is 6. The van der Waals surface area contributed by atoms with Crippen molar-refractivity contribution in [2.75, 3.05) is 45.8 Å². The molecule has 1 aromatic heterocycles. The van der Waals surface area contributed by atoms with Gasteiger partial charge in [0.15, 0.2) is 4.77 Å². The van der Waals surface area contributed by atoms with Gasteiger partial charge in [-0.05, 0) is 44.0 Å². The fraction of sp³-hybridized carbons (Fsp3) is 0.591. The summed E-state index contributed by atoms with van der Waals surface area (Å²) in [7, 11) is 0. The summed E-state index contributed by atoms with van der Waals surface area (Å²) < 4.78 is 4.79. The predicted octanol–water partition coefficient (Wildman–Crippen LogP) is 2.36. The zero-order valence-corrected chi connectivity index (χ0v) is 18.7. The Labute approximate surface area is 183 Å². The minimum absolute atomic E-state index is 0.292. The number of hydrogen-bond acceptors (Lipinski definition) is 5. The quantitative estimate of drug-likeness (QED) is 0.661. The number of benzene rings is 1. The normalized spacial score (nSPS) is 18.6. The molecule has 0 spiro atoms. The zero-order chi connectivity index (χ0) is 20.9. The standard InChI is InChI=1S/C22H32N6OS/c1-19-23-28(22(30)27(19)16-20-8-4-2-5-9-20)18-25-14-12-24(13-15-25)17-21(29)26-10-6-3-7-11-26/h2,4-5,8-9H,3,6-7,10-18H2,1H3. The van der Waals surface area contributed by atoms with Crippen molar-refractivity contribution in [1.82, 2.24) is 29.0 Å². The molecular weight excluding hydrogens is 396 g/mol. The van der Waals surface area contributed by atoms with Gasteiger partial charge in [0, 0.05) is 39.3 Å². The molecule has 0 radical (unpaired) electrons. The third kappa shape index (κ3) is 5.17. The van der Waals surface area contributed by atoms with Gasteiger partial charge in [-0.15, -0.1) is 0 Å². The Morgan fingerprint density at radius 2 is 1.63 bits per heavy atom. The van der Waals surface area contributed by atoms with E-state index in [2.05, 4.69) is 31.6 Å². The summed E-state index contributed by atoms with van der Waals surface area (Å²) >= 11 is 5.71. The maximum Gasteiger partial charge on any atom is 0.236 e. The van der Waals surface area contributed by atoms with Crippen molar-refractivity contribution in [3.05, 3.63) is 46.5 Å². The van der Waals surface area contributed by atoms with E-state index in [1.807, 2.05) is 34.7 Å². The van der Waals surface area contributed by atoms with Gasteiger partial charge < -0.3 is 4.90 Å². The fourth-order valence-corrected chi connectivity index (χ4v) is 4.60. The van der Waals surface area contributed by atoms with Crippen LogP contribution in [0, 0.1) is 11.7 Å².